The van der Waals surface area contributed by atoms with Gasteiger partial charge in [-0.1, -0.05) is 59.1 Å². The number of nitrogens with zero attached hydrogens (tertiary/aromatic N) is 2. The van der Waals surface area contributed by atoms with E-state index in [2.05, 4.69) is 10.3 Å². The number of fused-ring (bicyclic) bond motifs is 1. The molecule has 6 nitrogen and oxygen atoms in total. The zero-order valence-electron chi connectivity index (χ0n) is 18.2. The molecule has 0 aliphatic rings. The molecule has 0 spiro atoms. The second-order valence-corrected chi connectivity index (χ2v) is 9.02. The molecule has 0 fully saturated rings. The first-order valence-corrected chi connectivity index (χ1v) is 11.6. The van der Waals surface area contributed by atoms with Gasteiger partial charge in [0.15, 0.2) is 0 Å². The van der Waals surface area contributed by atoms with Crippen molar-refractivity contribution in [2.75, 3.05) is 0 Å². The zero-order chi connectivity index (χ0) is 26.0. The molecule has 0 unspecified atom stereocenters. The number of aromatic nitrogens is 1. The summed E-state index contributed by atoms with van der Waals surface area (Å²) in [7, 11) is 0. The van der Waals surface area contributed by atoms with Crippen molar-refractivity contribution in [3.8, 4) is 17.2 Å². The topological polar surface area (TPSA) is 103 Å². The Kier molecular flexibility index (Phi) is 7.41. The Bertz CT molecular complexity index is 1550. The number of carbonyl (C=O) groups is 2. The molecule has 180 valence electrons. The Morgan fingerprint density at radius 2 is 1.72 bits per heavy atom. The molecular weight excluding hydrogens is 528 g/mol. The lowest BCUT2D eigenvalue weighted by molar-refractivity contribution is -0.139. The van der Waals surface area contributed by atoms with Gasteiger partial charge in [0.2, 0.25) is 0 Å². The number of nitriles is 1. The van der Waals surface area contributed by atoms with E-state index in [0.717, 1.165) is 6.20 Å². The number of benzene rings is 3. The maximum Gasteiger partial charge on any atom is 0.326 e. The molecule has 3 aromatic carbocycles. The molecule has 1 aromatic heterocycles. The second kappa shape index (κ2) is 10.5. The Balaban J connectivity index is 1.74. The minimum atomic E-state index is -1.37. The fourth-order valence-electron chi connectivity index (χ4n) is 3.81. The Morgan fingerprint density at radius 1 is 1.03 bits per heavy atom. The molecular formula is C26H15Cl3FN3O3. The van der Waals surface area contributed by atoms with Gasteiger partial charge >= 0.3 is 5.97 Å². The molecule has 36 heavy (non-hydrogen) atoms. The highest BCUT2D eigenvalue weighted by Gasteiger charge is 2.25. The predicted octanol–water partition coefficient (Wildman–Crippen LogP) is 6.30. The highest BCUT2D eigenvalue weighted by Crippen LogP contribution is 2.35. The first kappa shape index (κ1) is 25.4. The second-order valence-electron chi connectivity index (χ2n) is 7.79. The van der Waals surface area contributed by atoms with Crippen LogP contribution in [0.25, 0.3) is 22.0 Å². The number of hydrogen-bond donors (Lipinski definition) is 2. The van der Waals surface area contributed by atoms with Crippen LogP contribution in [0.2, 0.25) is 15.1 Å². The standard InChI is InChI=1S/C26H15Cl3FN3O3/c27-19-2-1-3-20(28)23(19)25(34)33-22(26(35)36)9-14-5-7-17(24-18(14)10-15(30)12-32-24)16-6-4-13(11-31)8-21(16)29/h1-8,10,12,22H,9H2,(H,33,34)(H,35,36)/t22-/m0/s1. The molecule has 1 amide bonds. The summed E-state index contributed by atoms with van der Waals surface area (Å²) >= 11 is 18.5. The van der Waals surface area contributed by atoms with Gasteiger partial charge in [0.1, 0.15) is 11.9 Å². The van der Waals surface area contributed by atoms with Gasteiger partial charge in [-0.15, -0.1) is 0 Å². The van der Waals surface area contributed by atoms with Crippen molar-refractivity contribution in [3.63, 3.8) is 0 Å². The van der Waals surface area contributed by atoms with Crippen LogP contribution in [0, 0.1) is 17.1 Å². The van der Waals surface area contributed by atoms with Crippen LogP contribution in [0.4, 0.5) is 4.39 Å². The number of hydrogen-bond acceptors (Lipinski definition) is 4. The maximum atomic E-state index is 14.2. The summed E-state index contributed by atoms with van der Waals surface area (Å²) < 4.78 is 14.2. The lowest BCUT2D eigenvalue weighted by Gasteiger charge is -2.18. The van der Waals surface area contributed by atoms with Crippen molar-refractivity contribution in [2.24, 2.45) is 0 Å². The first-order chi connectivity index (χ1) is 17.2. The molecule has 4 aromatic rings. The molecule has 2 N–H and O–H groups in total. The number of carboxylic acids is 1. The summed E-state index contributed by atoms with van der Waals surface area (Å²) in [4.78, 5) is 29.0. The summed E-state index contributed by atoms with van der Waals surface area (Å²) in [6.45, 7) is 0. The maximum absolute atomic E-state index is 14.2. The summed E-state index contributed by atoms with van der Waals surface area (Å²) in [5.41, 5.74) is 2.29. The fraction of sp³-hybridized carbons (Fsp3) is 0.0769. The number of pyridine rings is 1. The lowest BCUT2D eigenvalue weighted by Crippen LogP contribution is -2.42. The van der Waals surface area contributed by atoms with Gasteiger partial charge in [-0.25, -0.2) is 9.18 Å². The van der Waals surface area contributed by atoms with Crippen molar-refractivity contribution in [1.29, 1.82) is 5.26 Å². The fourth-order valence-corrected chi connectivity index (χ4v) is 4.67. The summed E-state index contributed by atoms with van der Waals surface area (Å²) in [5, 5.41) is 22.1. The predicted molar refractivity (Wildman–Crippen MR) is 136 cm³/mol. The molecule has 0 bridgehead atoms. The number of nitrogens with one attached hydrogen (secondary N) is 1. The average molecular weight is 543 g/mol. The van der Waals surface area contributed by atoms with Crippen LogP contribution in [0.1, 0.15) is 21.5 Å². The van der Waals surface area contributed by atoms with E-state index in [-0.39, 0.29) is 22.0 Å². The highest BCUT2D eigenvalue weighted by atomic mass is 35.5. The van der Waals surface area contributed by atoms with Crippen LogP contribution in [0.5, 0.6) is 0 Å². The molecule has 0 radical (unpaired) electrons. The number of rotatable bonds is 6. The SMILES string of the molecule is N#Cc1ccc(-c2ccc(C[C@H](NC(=O)c3c(Cl)cccc3Cl)C(=O)O)c3cc(F)cnc23)c(Cl)c1. The van der Waals surface area contributed by atoms with E-state index >= 15 is 0 Å². The minimum absolute atomic E-state index is 0.0459. The van der Waals surface area contributed by atoms with Gasteiger partial charge in [-0.2, -0.15) is 5.26 Å². The third-order valence-electron chi connectivity index (χ3n) is 5.51. The largest absolute Gasteiger partial charge is 0.480 e. The Hall–Kier alpha value is -3.70. The van der Waals surface area contributed by atoms with E-state index in [4.69, 9.17) is 40.1 Å². The van der Waals surface area contributed by atoms with Crippen LogP contribution in [0.15, 0.2) is 60.8 Å². The van der Waals surface area contributed by atoms with Gasteiger partial charge in [-0.05, 0) is 35.9 Å². The van der Waals surface area contributed by atoms with Crippen LogP contribution >= 0.6 is 34.8 Å². The van der Waals surface area contributed by atoms with Gasteiger partial charge in [0.05, 0.1) is 39.0 Å². The van der Waals surface area contributed by atoms with Crippen molar-refractivity contribution in [1.82, 2.24) is 10.3 Å². The quantitative estimate of drug-likeness (QED) is 0.298. The number of halogens is 4. The molecule has 10 heteroatoms. The summed E-state index contributed by atoms with van der Waals surface area (Å²) in [6.07, 6.45) is 0.870. The number of amides is 1. The van der Waals surface area contributed by atoms with Gasteiger partial charge < -0.3 is 10.4 Å². The minimum Gasteiger partial charge on any atom is -0.480 e. The van der Waals surface area contributed by atoms with E-state index in [1.54, 1.807) is 30.3 Å². The van der Waals surface area contributed by atoms with Gasteiger partial charge in [0, 0.05) is 28.0 Å². The number of carbonyl (C=O) groups excluding carboxylic acids is 1. The van der Waals surface area contributed by atoms with E-state index < -0.39 is 23.7 Å². The van der Waals surface area contributed by atoms with Crippen LogP contribution in [0.3, 0.4) is 0 Å². The molecule has 0 aliphatic heterocycles. The number of carboxylic acid groups (broad SMARTS) is 1. The lowest BCUT2D eigenvalue weighted by atomic mass is 9.94. The highest BCUT2D eigenvalue weighted by molar-refractivity contribution is 6.39. The summed E-state index contributed by atoms with van der Waals surface area (Å²) in [6, 6.07) is 14.4. The number of aliphatic carboxylic acids is 1. The van der Waals surface area contributed by atoms with Crippen molar-refractivity contribution in [2.45, 2.75) is 12.5 Å². The average Bonchev–Trinajstić information content (AvgIpc) is 2.83. The first-order valence-electron chi connectivity index (χ1n) is 10.4. The monoisotopic (exact) mass is 541 g/mol. The van der Waals surface area contributed by atoms with Crippen molar-refractivity contribution < 1.29 is 19.1 Å². The smallest absolute Gasteiger partial charge is 0.326 e. The molecule has 0 saturated carbocycles. The van der Waals surface area contributed by atoms with Crippen LogP contribution in [-0.4, -0.2) is 28.0 Å². The van der Waals surface area contributed by atoms with E-state index in [1.807, 2.05) is 6.07 Å². The molecule has 0 aliphatic carbocycles. The normalized spacial score (nSPS) is 11.6. The molecule has 1 heterocycles. The zero-order valence-corrected chi connectivity index (χ0v) is 20.5. The van der Waals surface area contributed by atoms with E-state index in [0.29, 0.717) is 38.2 Å². The van der Waals surface area contributed by atoms with E-state index in [9.17, 15) is 19.1 Å². The third-order valence-corrected chi connectivity index (χ3v) is 6.45. The molecule has 4 rings (SSSR count). The van der Waals surface area contributed by atoms with Crippen molar-refractivity contribution in [3.05, 3.63) is 98.4 Å². The van der Waals surface area contributed by atoms with E-state index in [1.165, 1.54) is 24.3 Å². The van der Waals surface area contributed by atoms with Crippen LogP contribution < -0.4 is 5.32 Å². The molecule has 1 atom stereocenters. The Labute approximate surface area is 219 Å². The molecule has 0 saturated heterocycles. The Morgan fingerprint density at radius 3 is 2.36 bits per heavy atom. The summed E-state index contributed by atoms with van der Waals surface area (Å²) in [5.74, 6) is -2.68. The van der Waals surface area contributed by atoms with Gasteiger partial charge in [-0.3, -0.25) is 9.78 Å². The van der Waals surface area contributed by atoms with Crippen LogP contribution in [-0.2, 0) is 11.2 Å². The van der Waals surface area contributed by atoms with Crippen molar-refractivity contribution >= 4 is 57.6 Å². The third kappa shape index (κ3) is 5.12. The van der Waals surface area contributed by atoms with Gasteiger partial charge in [0.25, 0.3) is 5.91 Å².